The Morgan fingerprint density at radius 2 is 2.30 bits per heavy atom. The van der Waals surface area contributed by atoms with E-state index in [0.717, 1.165) is 11.6 Å². The van der Waals surface area contributed by atoms with Crippen molar-refractivity contribution in [3.63, 3.8) is 0 Å². The Balaban J connectivity index is 0.000001000. The Hall–Kier alpha value is -0.400. The summed E-state index contributed by atoms with van der Waals surface area (Å²) < 4.78 is 5.26. The number of amides is 1. The van der Waals surface area contributed by atoms with E-state index in [4.69, 9.17) is 4.74 Å². The summed E-state index contributed by atoms with van der Waals surface area (Å²) in [5.41, 5.74) is 1.20. The quantitative estimate of drug-likeness (QED) is 0.871. The summed E-state index contributed by atoms with van der Waals surface area (Å²) in [6.45, 7) is 2.40. The lowest BCUT2D eigenvalue weighted by Crippen LogP contribution is -2.51. The van der Waals surface area contributed by atoms with Crippen LogP contribution in [0.25, 0.3) is 0 Å². The number of aromatic nitrogens is 1. The second-order valence-corrected chi connectivity index (χ2v) is 5.68. The summed E-state index contributed by atoms with van der Waals surface area (Å²) in [4.78, 5) is 16.4. The zero-order chi connectivity index (χ0) is 12.4. The fraction of sp³-hybridized carbons (Fsp3) is 0.667. The molecule has 1 aromatic rings. The van der Waals surface area contributed by atoms with Crippen LogP contribution >= 0.6 is 36.2 Å². The van der Waals surface area contributed by atoms with Crippen LogP contribution in [0.4, 0.5) is 0 Å². The van der Waals surface area contributed by atoms with E-state index in [0.29, 0.717) is 25.7 Å². The van der Waals surface area contributed by atoms with E-state index >= 15 is 0 Å². The highest BCUT2D eigenvalue weighted by atomic mass is 35.5. The Bertz CT molecular complexity index is 434. The molecule has 2 fully saturated rings. The first-order chi connectivity index (χ1) is 8.83. The lowest BCUT2D eigenvalue weighted by Gasteiger charge is -2.22. The maximum Gasteiger partial charge on any atom is 0.239 e. The Morgan fingerprint density at radius 1 is 1.50 bits per heavy atom. The van der Waals surface area contributed by atoms with Crippen molar-refractivity contribution in [3.05, 3.63) is 16.1 Å². The van der Waals surface area contributed by atoms with Crippen LogP contribution in [0.5, 0.6) is 0 Å². The van der Waals surface area contributed by atoms with Gasteiger partial charge in [-0.05, 0) is 12.8 Å². The molecule has 20 heavy (non-hydrogen) atoms. The number of hydrogen-bond donors (Lipinski definition) is 2. The molecule has 0 aromatic carbocycles. The SMILES string of the molecule is Cl.Cl.O=C(NCc1nc(C2CC2)cs1)C1COCCN1. The van der Waals surface area contributed by atoms with Crippen LogP contribution in [-0.4, -0.2) is 36.7 Å². The Kier molecular flexibility index (Phi) is 7.19. The lowest BCUT2D eigenvalue weighted by molar-refractivity contribution is -0.126. The van der Waals surface area contributed by atoms with Crippen molar-refractivity contribution in [1.82, 2.24) is 15.6 Å². The minimum Gasteiger partial charge on any atom is -0.378 e. The molecule has 1 aliphatic heterocycles. The number of carbonyl (C=O) groups excluding carboxylic acids is 1. The summed E-state index contributed by atoms with van der Waals surface area (Å²) in [5.74, 6) is 0.678. The predicted molar refractivity (Wildman–Crippen MR) is 83.0 cm³/mol. The van der Waals surface area contributed by atoms with Gasteiger partial charge in [0.05, 0.1) is 25.5 Å². The largest absolute Gasteiger partial charge is 0.378 e. The van der Waals surface area contributed by atoms with Crippen LogP contribution in [0.3, 0.4) is 0 Å². The lowest BCUT2D eigenvalue weighted by atomic mass is 10.2. The van der Waals surface area contributed by atoms with Gasteiger partial charge in [-0.25, -0.2) is 4.98 Å². The number of carbonyl (C=O) groups is 1. The highest BCUT2D eigenvalue weighted by molar-refractivity contribution is 7.09. The molecular formula is C12H19Cl2N3O2S. The molecule has 8 heteroatoms. The van der Waals surface area contributed by atoms with Crippen LogP contribution in [0.15, 0.2) is 5.38 Å². The number of rotatable bonds is 4. The van der Waals surface area contributed by atoms with Crippen molar-refractivity contribution in [3.8, 4) is 0 Å². The van der Waals surface area contributed by atoms with Crippen molar-refractivity contribution < 1.29 is 9.53 Å². The minimum atomic E-state index is -0.221. The van der Waals surface area contributed by atoms with E-state index in [2.05, 4.69) is 21.0 Å². The summed E-state index contributed by atoms with van der Waals surface area (Å²) in [7, 11) is 0. The third-order valence-electron chi connectivity index (χ3n) is 3.22. The number of halogens is 2. The monoisotopic (exact) mass is 339 g/mol. The molecule has 1 saturated heterocycles. The molecular weight excluding hydrogens is 321 g/mol. The summed E-state index contributed by atoms with van der Waals surface area (Å²) in [6, 6.07) is -0.221. The maximum absolute atomic E-state index is 11.8. The minimum absolute atomic E-state index is 0. The molecule has 1 atom stereocenters. The first-order valence-electron chi connectivity index (χ1n) is 6.36. The standard InChI is InChI=1S/C12H17N3O2S.2ClH/c16-12(9-6-17-4-3-13-9)14-5-11-15-10(7-18-11)8-1-2-8;;/h7-9,13H,1-6H2,(H,14,16);2*1H. The van der Waals surface area contributed by atoms with Gasteiger partial charge in [0.15, 0.2) is 0 Å². The molecule has 1 unspecified atom stereocenters. The molecule has 1 aliphatic carbocycles. The summed E-state index contributed by atoms with van der Waals surface area (Å²) in [6.07, 6.45) is 2.53. The highest BCUT2D eigenvalue weighted by Crippen LogP contribution is 2.40. The molecule has 0 radical (unpaired) electrons. The number of morpholine rings is 1. The topological polar surface area (TPSA) is 63.2 Å². The van der Waals surface area contributed by atoms with Crippen LogP contribution in [0.2, 0.25) is 0 Å². The van der Waals surface area contributed by atoms with Crippen molar-refractivity contribution >= 4 is 42.1 Å². The smallest absolute Gasteiger partial charge is 0.239 e. The Labute approximate surface area is 134 Å². The summed E-state index contributed by atoms with van der Waals surface area (Å²) >= 11 is 1.63. The van der Waals surface area contributed by atoms with E-state index in [1.165, 1.54) is 18.5 Å². The summed E-state index contributed by atoms with van der Waals surface area (Å²) in [5, 5.41) is 9.14. The van der Waals surface area contributed by atoms with E-state index in [1.54, 1.807) is 11.3 Å². The number of nitrogens with zero attached hydrogens (tertiary/aromatic N) is 1. The van der Waals surface area contributed by atoms with Crippen LogP contribution in [0, 0.1) is 0 Å². The molecule has 5 nitrogen and oxygen atoms in total. The van der Waals surface area contributed by atoms with E-state index in [-0.39, 0.29) is 36.8 Å². The van der Waals surface area contributed by atoms with Gasteiger partial charge in [-0.15, -0.1) is 36.2 Å². The molecule has 1 aromatic heterocycles. The first kappa shape index (κ1) is 17.7. The van der Waals surface area contributed by atoms with Crippen LogP contribution in [-0.2, 0) is 16.1 Å². The van der Waals surface area contributed by atoms with Gasteiger partial charge in [0.1, 0.15) is 11.0 Å². The first-order valence-corrected chi connectivity index (χ1v) is 7.24. The third kappa shape index (κ3) is 4.56. The van der Waals surface area contributed by atoms with Gasteiger partial charge >= 0.3 is 0 Å². The molecule has 2 aliphatic rings. The number of ether oxygens (including phenoxy) is 1. The third-order valence-corrected chi connectivity index (χ3v) is 4.08. The molecule has 2 heterocycles. The zero-order valence-electron chi connectivity index (χ0n) is 11.0. The van der Waals surface area contributed by atoms with Crippen molar-refractivity contribution in [1.29, 1.82) is 0 Å². The van der Waals surface area contributed by atoms with E-state index in [9.17, 15) is 4.79 Å². The van der Waals surface area contributed by atoms with Crippen LogP contribution < -0.4 is 10.6 Å². The molecule has 1 saturated carbocycles. The zero-order valence-corrected chi connectivity index (χ0v) is 13.4. The molecule has 114 valence electrons. The second-order valence-electron chi connectivity index (χ2n) is 4.74. The maximum atomic E-state index is 11.8. The van der Waals surface area contributed by atoms with Crippen molar-refractivity contribution in [2.24, 2.45) is 0 Å². The van der Waals surface area contributed by atoms with Gasteiger partial charge in [-0.1, -0.05) is 0 Å². The van der Waals surface area contributed by atoms with Gasteiger partial charge in [-0.3, -0.25) is 4.79 Å². The predicted octanol–water partition coefficient (Wildman–Crippen LogP) is 1.47. The van der Waals surface area contributed by atoms with Gasteiger partial charge in [0, 0.05) is 17.8 Å². The fourth-order valence-electron chi connectivity index (χ4n) is 1.99. The van der Waals surface area contributed by atoms with Crippen LogP contribution in [0.1, 0.15) is 29.5 Å². The molecule has 3 rings (SSSR count). The number of nitrogens with one attached hydrogen (secondary N) is 2. The Morgan fingerprint density at radius 3 is 2.95 bits per heavy atom. The van der Waals surface area contributed by atoms with Gasteiger partial charge in [0.25, 0.3) is 0 Å². The van der Waals surface area contributed by atoms with Crippen molar-refractivity contribution in [2.45, 2.75) is 31.3 Å². The normalized spacial score (nSPS) is 21.5. The fourth-order valence-corrected chi connectivity index (χ4v) is 2.81. The van der Waals surface area contributed by atoms with Gasteiger partial charge in [-0.2, -0.15) is 0 Å². The van der Waals surface area contributed by atoms with E-state index in [1.807, 2.05) is 0 Å². The molecule has 0 bridgehead atoms. The molecule has 0 spiro atoms. The van der Waals surface area contributed by atoms with E-state index < -0.39 is 0 Å². The molecule has 2 N–H and O–H groups in total. The average Bonchev–Trinajstić information content (AvgIpc) is 3.16. The number of hydrogen-bond acceptors (Lipinski definition) is 5. The van der Waals surface area contributed by atoms with Gasteiger partial charge < -0.3 is 15.4 Å². The van der Waals surface area contributed by atoms with Gasteiger partial charge in [0.2, 0.25) is 5.91 Å². The van der Waals surface area contributed by atoms with Crippen molar-refractivity contribution in [2.75, 3.05) is 19.8 Å². The average molecular weight is 340 g/mol. The molecule has 1 amide bonds. The number of thiazole rings is 1. The highest BCUT2D eigenvalue weighted by Gasteiger charge is 2.26. The second kappa shape index (κ2) is 8.14.